The Morgan fingerprint density at radius 1 is 0.778 bits per heavy atom. The van der Waals surface area contributed by atoms with E-state index in [4.69, 9.17) is 0 Å². The van der Waals surface area contributed by atoms with Crippen LogP contribution in [0.1, 0.15) is 0 Å². The van der Waals surface area contributed by atoms with E-state index in [0.717, 1.165) is 0 Å². The number of rotatable bonds is 6. The third-order valence-corrected chi connectivity index (χ3v) is 3.28. The van der Waals surface area contributed by atoms with E-state index in [1.807, 2.05) is 0 Å². The van der Waals surface area contributed by atoms with Gasteiger partial charge in [0.25, 0.3) is 0 Å². The molecule has 108 valence electrons. The molecule has 0 bridgehead atoms. The SMILES string of the molecule is O=C(C(F)(F)S(=O)(=O)OF)C(F)(F)S(=O)(=O)OF. The molecule has 0 atom stereocenters. The fraction of sp³-hybridized carbons (Fsp3) is 0.667. The summed E-state index contributed by atoms with van der Waals surface area (Å²) in [5.74, 6) is -4.18. The summed E-state index contributed by atoms with van der Waals surface area (Å²) in [6.45, 7) is 0. The van der Waals surface area contributed by atoms with Crippen LogP contribution in [0.4, 0.5) is 26.6 Å². The molecular formula is C3F6O7S2. The Balaban J connectivity index is 5.85. The fourth-order valence-electron chi connectivity index (χ4n) is 0.476. The average molecular weight is 326 g/mol. The number of alkyl halides is 4. The van der Waals surface area contributed by atoms with Crippen LogP contribution in [0.3, 0.4) is 0 Å². The lowest BCUT2D eigenvalue weighted by atomic mass is 10.4. The van der Waals surface area contributed by atoms with Gasteiger partial charge in [0.15, 0.2) is 0 Å². The Bertz CT molecular complexity index is 486. The molecule has 0 amide bonds. The highest BCUT2D eigenvalue weighted by atomic mass is 32.2. The van der Waals surface area contributed by atoms with Gasteiger partial charge >= 0.3 is 36.5 Å². The normalized spacial score (nSPS) is 14.6. The zero-order chi connectivity index (χ0) is 15.0. The molecule has 0 aliphatic heterocycles. The van der Waals surface area contributed by atoms with Crippen molar-refractivity contribution in [2.24, 2.45) is 0 Å². The van der Waals surface area contributed by atoms with Gasteiger partial charge in [-0.05, 0) is 9.05 Å². The summed E-state index contributed by atoms with van der Waals surface area (Å²) in [6.07, 6.45) is 0. The number of hydrogen-bond acceptors (Lipinski definition) is 7. The number of hydrogen-bond donors (Lipinski definition) is 0. The van der Waals surface area contributed by atoms with E-state index < -0.39 is 36.5 Å². The second-order valence-electron chi connectivity index (χ2n) is 2.40. The first kappa shape index (κ1) is 17.1. The first-order chi connectivity index (χ1) is 7.78. The summed E-state index contributed by atoms with van der Waals surface area (Å²) in [6, 6.07) is 0. The minimum atomic E-state index is -6.82. The highest BCUT2D eigenvalue weighted by molar-refractivity contribution is 7.90. The lowest BCUT2D eigenvalue weighted by Gasteiger charge is -2.17. The Labute approximate surface area is 94.3 Å². The molecule has 0 aromatic carbocycles. The standard InChI is InChI=1S/C3F6O7S2/c4-2(5,17(11,12)15-8)1(10)3(6,7)18(13,14)16-9. The van der Waals surface area contributed by atoms with E-state index >= 15 is 0 Å². The van der Waals surface area contributed by atoms with Crippen molar-refractivity contribution in [1.29, 1.82) is 0 Å². The van der Waals surface area contributed by atoms with Crippen LogP contribution in [-0.4, -0.2) is 33.1 Å². The summed E-state index contributed by atoms with van der Waals surface area (Å²) < 4.78 is 116. The molecule has 0 heterocycles. The molecule has 0 radical (unpaired) electrons. The molecule has 0 unspecified atom stereocenters. The minimum Gasteiger partial charge on any atom is -0.283 e. The number of ketones is 1. The molecule has 0 rings (SSSR count). The molecule has 0 N–H and O–H groups in total. The van der Waals surface area contributed by atoms with Crippen molar-refractivity contribution in [1.82, 2.24) is 0 Å². The molecule has 0 spiro atoms. The molecule has 0 aromatic rings. The Kier molecular flexibility index (Phi) is 4.39. The van der Waals surface area contributed by atoms with Crippen LogP contribution in [0.2, 0.25) is 0 Å². The van der Waals surface area contributed by atoms with E-state index in [-0.39, 0.29) is 0 Å². The van der Waals surface area contributed by atoms with E-state index in [2.05, 4.69) is 0 Å². The molecule has 15 heteroatoms. The van der Waals surface area contributed by atoms with E-state index in [1.54, 1.807) is 8.78 Å². The molecular weight excluding hydrogens is 326 g/mol. The third-order valence-electron chi connectivity index (χ3n) is 1.32. The van der Waals surface area contributed by atoms with Crippen LogP contribution in [0.5, 0.6) is 0 Å². The number of carbonyl (C=O) groups is 1. The van der Waals surface area contributed by atoms with Gasteiger partial charge in [-0.15, -0.1) is 0 Å². The van der Waals surface area contributed by atoms with Crippen molar-refractivity contribution in [3.63, 3.8) is 0 Å². The largest absolute Gasteiger partial charge is 0.436 e. The lowest BCUT2D eigenvalue weighted by molar-refractivity contribution is -0.153. The van der Waals surface area contributed by atoms with Gasteiger partial charge in [0.2, 0.25) is 0 Å². The molecule has 0 aromatic heterocycles. The second-order valence-corrected chi connectivity index (χ2v) is 5.49. The number of Topliss-reactive ketones (excluding diaryl/α,β-unsaturated/α-hetero) is 1. The van der Waals surface area contributed by atoms with Gasteiger partial charge in [-0.25, -0.2) is 0 Å². The summed E-state index contributed by atoms with van der Waals surface area (Å²) in [5, 5.41) is -12.6. The molecule has 7 nitrogen and oxygen atoms in total. The molecule has 0 aliphatic carbocycles. The van der Waals surface area contributed by atoms with Crippen molar-refractivity contribution >= 4 is 26.0 Å². The van der Waals surface area contributed by atoms with Gasteiger partial charge < -0.3 is 0 Å². The van der Waals surface area contributed by atoms with Crippen LogP contribution in [0, 0.1) is 0 Å². The van der Waals surface area contributed by atoms with Gasteiger partial charge in [-0.1, -0.05) is 8.78 Å². The number of halogens is 6. The summed E-state index contributed by atoms with van der Waals surface area (Å²) in [7, 11) is -13.6. The van der Waals surface area contributed by atoms with E-state index in [0.29, 0.717) is 0 Å². The maximum atomic E-state index is 12.5. The molecule has 18 heavy (non-hydrogen) atoms. The second kappa shape index (κ2) is 4.63. The van der Waals surface area contributed by atoms with Crippen molar-refractivity contribution < 1.29 is 57.0 Å². The molecule has 0 aliphatic rings. The summed E-state index contributed by atoms with van der Waals surface area (Å²) >= 11 is 0. The Morgan fingerprint density at radius 3 is 1.17 bits per heavy atom. The molecule has 0 saturated heterocycles. The van der Waals surface area contributed by atoms with Crippen LogP contribution in [0.15, 0.2) is 0 Å². The predicted octanol–water partition coefficient (Wildman–Crippen LogP) is 0.203. The Morgan fingerprint density at radius 2 is 1.00 bits per heavy atom. The van der Waals surface area contributed by atoms with Crippen molar-refractivity contribution in [3.8, 4) is 0 Å². The number of carbonyl (C=O) groups excluding carboxylic acids is 1. The molecule has 0 fully saturated rings. The smallest absolute Gasteiger partial charge is 0.283 e. The zero-order valence-electron chi connectivity index (χ0n) is 7.44. The van der Waals surface area contributed by atoms with Crippen molar-refractivity contribution in [3.05, 3.63) is 0 Å². The Hall–Kier alpha value is -0.930. The average Bonchev–Trinajstić information content (AvgIpc) is 2.27. The monoisotopic (exact) mass is 326 g/mol. The summed E-state index contributed by atoms with van der Waals surface area (Å²) in [5.41, 5.74) is 0. The minimum absolute atomic E-state index is 1.60. The first-order valence-electron chi connectivity index (χ1n) is 3.18. The van der Waals surface area contributed by atoms with Crippen molar-refractivity contribution in [2.45, 2.75) is 10.5 Å². The molecule has 0 saturated carbocycles. The first-order valence-corrected chi connectivity index (χ1v) is 5.99. The lowest BCUT2D eigenvalue weighted by Crippen LogP contribution is -2.51. The fourth-order valence-corrected chi connectivity index (χ4v) is 1.41. The van der Waals surface area contributed by atoms with Gasteiger partial charge in [-0.2, -0.15) is 34.4 Å². The van der Waals surface area contributed by atoms with E-state index in [9.17, 15) is 48.2 Å². The maximum Gasteiger partial charge on any atom is 0.436 e. The van der Waals surface area contributed by atoms with E-state index in [1.165, 1.54) is 0 Å². The maximum absolute atomic E-state index is 12.5. The predicted molar refractivity (Wildman–Crippen MR) is 37.1 cm³/mol. The van der Waals surface area contributed by atoms with Crippen LogP contribution >= 0.6 is 0 Å². The van der Waals surface area contributed by atoms with Crippen LogP contribution in [0.25, 0.3) is 0 Å². The highest BCUT2D eigenvalue weighted by Crippen LogP contribution is 2.36. The van der Waals surface area contributed by atoms with Gasteiger partial charge in [-0.3, -0.25) is 4.79 Å². The quantitative estimate of drug-likeness (QED) is 0.642. The van der Waals surface area contributed by atoms with Gasteiger partial charge in [0, 0.05) is 0 Å². The van der Waals surface area contributed by atoms with Crippen molar-refractivity contribution in [2.75, 3.05) is 0 Å². The van der Waals surface area contributed by atoms with Crippen LogP contribution < -0.4 is 0 Å². The van der Waals surface area contributed by atoms with Crippen LogP contribution in [-0.2, 0) is 33.8 Å². The van der Waals surface area contributed by atoms with Gasteiger partial charge in [0.05, 0.1) is 0 Å². The summed E-state index contributed by atoms with van der Waals surface area (Å²) in [4.78, 5) is 10.3. The topological polar surface area (TPSA) is 104 Å². The zero-order valence-corrected chi connectivity index (χ0v) is 9.08. The third kappa shape index (κ3) is 2.43. The highest BCUT2D eigenvalue weighted by Gasteiger charge is 2.69. The van der Waals surface area contributed by atoms with Gasteiger partial charge in [0.1, 0.15) is 0 Å².